The van der Waals surface area contributed by atoms with Crippen molar-refractivity contribution in [2.24, 2.45) is 4.99 Å². The summed E-state index contributed by atoms with van der Waals surface area (Å²) in [6, 6.07) is 14.3. The maximum atomic E-state index is 5.81. The molecular weight excluding hydrogens is 517 g/mol. The van der Waals surface area contributed by atoms with Crippen LogP contribution in [0.5, 0.6) is 0 Å². The first-order valence-corrected chi connectivity index (χ1v) is 10.5. The molecule has 29 heavy (non-hydrogen) atoms. The molecule has 3 aromatic rings. The Hall–Kier alpha value is -1.71. The molecule has 5 nitrogen and oxygen atoms in total. The van der Waals surface area contributed by atoms with Gasteiger partial charge in [-0.15, -0.1) is 35.3 Å². The largest absolute Gasteiger partial charge is 0.356 e. The summed E-state index contributed by atoms with van der Waals surface area (Å²) in [6.45, 7) is 1.42. The van der Waals surface area contributed by atoms with E-state index in [4.69, 9.17) is 16.6 Å². The van der Waals surface area contributed by atoms with Gasteiger partial charge in [-0.1, -0.05) is 48.0 Å². The van der Waals surface area contributed by atoms with Crippen LogP contribution in [0.4, 0.5) is 0 Å². The van der Waals surface area contributed by atoms with Crippen molar-refractivity contribution in [2.45, 2.75) is 25.8 Å². The number of hydrogen-bond donors (Lipinski definition) is 2. The van der Waals surface area contributed by atoms with E-state index in [1.807, 2.05) is 18.2 Å². The van der Waals surface area contributed by atoms with E-state index in [1.54, 1.807) is 24.6 Å². The fourth-order valence-electron chi connectivity index (χ4n) is 2.72. The zero-order chi connectivity index (χ0) is 19.6. The van der Waals surface area contributed by atoms with E-state index in [0.29, 0.717) is 11.7 Å². The van der Waals surface area contributed by atoms with Gasteiger partial charge in [0.2, 0.25) is 0 Å². The van der Waals surface area contributed by atoms with Crippen LogP contribution in [0.25, 0.3) is 0 Å². The average molecular weight is 542 g/mol. The first kappa shape index (κ1) is 23.6. The number of aryl methyl sites for hydroxylation is 2. The molecule has 0 unspecified atom stereocenters. The molecule has 2 heterocycles. The second-order valence-corrected chi connectivity index (χ2v) is 7.64. The molecule has 0 aliphatic heterocycles. The van der Waals surface area contributed by atoms with Crippen LogP contribution in [0.3, 0.4) is 0 Å². The van der Waals surface area contributed by atoms with Crippen LogP contribution < -0.4 is 10.6 Å². The average Bonchev–Trinajstić information content (AvgIpc) is 3.19. The maximum absolute atomic E-state index is 5.81. The minimum atomic E-state index is 0. The highest BCUT2D eigenvalue weighted by Gasteiger charge is 2.04. The van der Waals surface area contributed by atoms with Crippen molar-refractivity contribution in [3.8, 4) is 0 Å². The van der Waals surface area contributed by atoms with E-state index >= 15 is 0 Å². The molecule has 0 spiro atoms. The molecule has 154 valence electrons. The molecule has 0 saturated heterocycles. The summed E-state index contributed by atoms with van der Waals surface area (Å²) in [5, 5.41) is 10.4. The Balaban J connectivity index is 0.00000300. The number of halogens is 2. The Kier molecular flexibility index (Phi) is 10.4. The van der Waals surface area contributed by atoms with E-state index in [1.165, 1.54) is 10.6 Å². The molecule has 2 N–H and O–H groups in total. The van der Waals surface area contributed by atoms with Crippen LogP contribution in [0.1, 0.15) is 21.8 Å². The van der Waals surface area contributed by atoms with E-state index < -0.39 is 0 Å². The zero-order valence-electron chi connectivity index (χ0n) is 16.3. The monoisotopic (exact) mass is 541 g/mol. The molecule has 2 aromatic heterocycles. The highest BCUT2D eigenvalue weighted by Crippen LogP contribution is 2.13. The number of thiazole rings is 1. The maximum Gasteiger partial charge on any atom is 0.191 e. The third kappa shape index (κ3) is 8.28. The lowest BCUT2D eigenvalue weighted by Crippen LogP contribution is -2.37. The Labute approximate surface area is 198 Å². The van der Waals surface area contributed by atoms with Gasteiger partial charge in [0, 0.05) is 31.6 Å². The van der Waals surface area contributed by atoms with Crippen LogP contribution in [-0.2, 0) is 25.8 Å². The number of nitrogens with zero attached hydrogens (tertiary/aromatic N) is 3. The number of pyridine rings is 1. The number of aliphatic imine (C=N–C) groups is 1. The molecule has 0 bridgehead atoms. The Morgan fingerprint density at radius 3 is 2.59 bits per heavy atom. The fourth-order valence-corrected chi connectivity index (χ4v) is 3.63. The molecule has 0 aliphatic rings. The lowest BCUT2D eigenvalue weighted by atomic mass is 10.1. The smallest absolute Gasteiger partial charge is 0.191 e. The number of hydrogen-bond acceptors (Lipinski definition) is 4. The van der Waals surface area contributed by atoms with Gasteiger partial charge < -0.3 is 10.6 Å². The number of rotatable bonds is 8. The minimum absolute atomic E-state index is 0. The van der Waals surface area contributed by atoms with E-state index in [-0.39, 0.29) is 24.0 Å². The summed E-state index contributed by atoms with van der Waals surface area (Å²) in [5.74, 6) is 0.765. The lowest BCUT2D eigenvalue weighted by molar-refractivity contribution is 0.781. The summed E-state index contributed by atoms with van der Waals surface area (Å²) in [5.41, 5.74) is 3.52. The summed E-state index contributed by atoms with van der Waals surface area (Å²) in [4.78, 5) is 13.1. The third-order valence-corrected chi connectivity index (χ3v) is 5.41. The molecule has 8 heteroatoms. The topological polar surface area (TPSA) is 62.2 Å². The summed E-state index contributed by atoms with van der Waals surface area (Å²) in [7, 11) is 1.77. The number of aromatic nitrogens is 2. The Bertz CT molecular complexity index is 884. The number of benzene rings is 1. The van der Waals surface area contributed by atoms with Crippen LogP contribution in [0, 0.1) is 0 Å². The van der Waals surface area contributed by atoms with Crippen molar-refractivity contribution in [1.82, 2.24) is 20.6 Å². The summed E-state index contributed by atoms with van der Waals surface area (Å²) >= 11 is 7.52. The van der Waals surface area contributed by atoms with Gasteiger partial charge in [0.15, 0.2) is 5.96 Å². The second kappa shape index (κ2) is 12.8. The molecule has 0 amide bonds. The van der Waals surface area contributed by atoms with Gasteiger partial charge in [-0.25, -0.2) is 9.97 Å². The summed E-state index contributed by atoms with van der Waals surface area (Å²) in [6.07, 6.45) is 4.64. The van der Waals surface area contributed by atoms with Gasteiger partial charge in [-0.05, 0) is 30.0 Å². The Morgan fingerprint density at radius 1 is 1.03 bits per heavy atom. The van der Waals surface area contributed by atoms with Crippen molar-refractivity contribution in [3.63, 3.8) is 0 Å². The van der Waals surface area contributed by atoms with Crippen LogP contribution in [-0.4, -0.2) is 29.5 Å². The third-order valence-electron chi connectivity index (χ3n) is 4.22. The fraction of sp³-hybridized carbons (Fsp3) is 0.286. The van der Waals surface area contributed by atoms with Crippen molar-refractivity contribution in [2.75, 3.05) is 13.6 Å². The van der Waals surface area contributed by atoms with Crippen LogP contribution >= 0.6 is 46.9 Å². The minimum Gasteiger partial charge on any atom is -0.356 e. The Morgan fingerprint density at radius 2 is 1.86 bits per heavy atom. The van der Waals surface area contributed by atoms with Gasteiger partial charge in [0.05, 0.1) is 17.2 Å². The predicted molar refractivity (Wildman–Crippen MR) is 133 cm³/mol. The van der Waals surface area contributed by atoms with Gasteiger partial charge in [0.1, 0.15) is 5.15 Å². The van der Waals surface area contributed by atoms with Gasteiger partial charge >= 0.3 is 0 Å². The molecular formula is C21H25ClIN5S. The second-order valence-electron chi connectivity index (χ2n) is 6.31. The molecule has 0 radical (unpaired) electrons. The lowest BCUT2D eigenvalue weighted by Gasteiger charge is -2.11. The zero-order valence-corrected chi connectivity index (χ0v) is 20.2. The van der Waals surface area contributed by atoms with Crippen LogP contribution in [0.15, 0.2) is 59.0 Å². The van der Waals surface area contributed by atoms with Crippen molar-refractivity contribution in [3.05, 3.63) is 81.0 Å². The molecule has 0 aliphatic carbocycles. The highest BCUT2D eigenvalue weighted by molar-refractivity contribution is 14.0. The van der Waals surface area contributed by atoms with Crippen molar-refractivity contribution >= 4 is 52.9 Å². The number of nitrogens with one attached hydrogen (secondary N) is 2. The first-order chi connectivity index (χ1) is 13.7. The predicted octanol–water partition coefficient (Wildman–Crippen LogP) is 4.50. The van der Waals surface area contributed by atoms with Crippen molar-refractivity contribution in [1.29, 1.82) is 0 Å². The van der Waals surface area contributed by atoms with Crippen molar-refractivity contribution < 1.29 is 0 Å². The normalized spacial score (nSPS) is 11.0. The van der Waals surface area contributed by atoms with Gasteiger partial charge in [-0.3, -0.25) is 4.99 Å². The van der Waals surface area contributed by atoms with Gasteiger partial charge in [-0.2, -0.15) is 0 Å². The standard InChI is InChI=1S/C21H24ClN5S.HI/c1-23-21(24-12-11-17-7-9-19(22)25-13-17)26-14-18-15-28-20(27-18)10-8-16-5-3-2-4-6-16;/h2-7,9,13,15H,8,10-12,14H2,1H3,(H2,23,24,26);1H. The molecule has 3 rings (SSSR count). The van der Waals surface area contributed by atoms with E-state index in [2.05, 4.69) is 50.3 Å². The SMILES string of the molecule is CN=C(NCCc1ccc(Cl)nc1)NCc1csc(CCc2ccccc2)n1.I. The van der Waals surface area contributed by atoms with Crippen LogP contribution in [0.2, 0.25) is 5.15 Å². The first-order valence-electron chi connectivity index (χ1n) is 9.25. The molecule has 0 saturated carbocycles. The molecule has 0 atom stereocenters. The number of guanidine groups is 1. The van der Waals surface area contributed by atoms with E-state index in [9.17, 15) is 0 Å². The molecule has 1 aromatic carbocycles. The summed E-state index contributed by atoms with van der Waals surface area (Å²) < 4.78 is 0. The van der Waals surface area contributed by atoms with Gasteiger partial charge in [0.25, 0.3) is 0 Å². The quantitative estimate of drug-likeness (QED) is 0.191. The molecule has 0 fully saturated rings. The van der Waals surface area contributed by atoms with E-state index in [0.717, 1.165) is 43.0 Å². The highest BCUT2D eigenvalue weighted by atomic mass is 127.